The minimum Gasteiger partial charge on any atom is -0.478 e. The Labute approximate surface area is 185 Å². The molecule has 5 N–H and O–H groups in total. The SMILES string of the molecule is CC(CO)NC(=O)C1C=C2c3cccc4[nH]cc(c34)C[C@H]2N(C)C1.O=C(O)/C=C\C(=O)O. The van der Waals surface area contributed by atoms with Crippen LogP contribution in [0.25, 0.3) is 16.5 Å². The van der Waals surface area contributed by atoms with E-state index in [0.717, 1.165) is 11.9 Å². The van der Waals surface area contributed by atoms with Crippen molar-refractivity contribution in [2.75, 3.05) is 20.2 Å². The maximum Gasteiger partial charge on any atom is 0.328 e. The van der Waals surface area contributed by atoms with E-state index in [9.17, 15) is 14.4 Å². The molecule has 2 heterocycles. The van der Waals surface area contributed by atoms with E-state index in [0.29, 0.717) is 24.7 Å². The van der Waals surface area contributed by atoms with Crippen LogP contribution in [0.3, 0.4) is 0 Å². The van der Waals surface area contributed by atoms with Gasteiger partial charge in [0.25, 0.3) is 0 Å². The number of hydrogen-bond acceptors (Lipinski definition) is 5. The van der Waals surface area contributed by atoms with E-state index in [1.54, 1.807) is 0 Å². The molecule has 0 fully saturated rings. The number of fused-ring (bicyclic) bond motifs is 2. The number of aliphatic carboxylic acids is 2. The molecule has 2 unspecified atom stereocenters. The Kier molecular flexibility index (Phi) is 7.12. The van der Waals surface area contributed by atoms with Gasteiger partial charge in [-0.25, -0.2) is 9.59 Å². The van der Waals surface area contributed by atoms with Crippen LogP contribution in [0.4, 0.5) is 0 Å². The van der Waals surface area contributed by atoms with Gasteiger partial charge >= 0.3 is 11.9 Å². The van der Waals surface area contributed by atoms with E-state index in [4.69, 9.17) is 15.3 Å². The molecule has 1 aliphatic heterocycles. The molecule has 1 aliphatic carbocycles. The fraction of sp³-hybridized carbons (Fsp3) is 0.348. The summed E-state index contributed by atoms with van der Waals surface area (Å²) in [5.41, 5.74) is 4.99. The molecule has 2 aliphatic rings. The summed E-state index contributed by atoms with van der Waals surface area (Å²) in [5, 5.41) is 29.0. The van der Waals surface area contributed by atoms with Gasteiger partial charge in [0.1, 0.15) is 0 Å². The molecule has 0 saturated heterocycles. The standard InChI is InChI=1S/C19H23N3O2.C4H4O4/c1-11(10-23)21-19(24)13-6-15-14-4-3-5-16-18(14)12(8-20-16)7-17(15)22(2)9-13;5-3(6)1-2-4(7)8/h3-6,8,11,13,17,20,23H,7,9-10H2,1-2H3,(H,21,24);1-2H,(H,5,6)(H,7,8)/b;2-1-/t11?,13?,17-;/m1./s1. The molecule has 9 heteroatoms. The predicted octanol–water partition coefficient (Wildman–Crippen LogP) is 1.25. The Bertz CT molecular complexity index is 1070. The van der Waals surface area contributed by atoms with Gasteiger partial charge in [-0.2, -0.15) is 0 Å². The molecular formula is C23H27N3O6. The lowest BCUT2D eigenvalue weighted by atomic mass is 9.80. The molecule has 2 aromatic rings. The number of aromatic nitrogens is 1. The predicted molar refractivity (Wildman–Crippen MR) is 119 cm³/mol. The Morgan fingerprint density at radius 2 is 1.94 bits per heavy atom. The van der Waals surface area contributed by atoms with Crippen LogP contribution in [0.5, 0.6) is 0 Å². The number of nitrogens with one attached hydrogen (secondary N) is 2. The zero-order chi connectivity index (χ0) is 23.4. The lowest BCUT2D eigenvalue weighted by Gasteiger charge is -2.39. The molecule has 0 saturated carbocycles. The van der Waals surface area contributed by atoms with E-state index in [-0.39, 0.29) is 24.5 Å². The van der Waals surface area contributed by atoms with Crippen molar-refractivity contribution in [1.29, 1.82) is 0 Å². The average molecular weight is 441 g/mol. The van der Waals surface area contributed by atoms with Crippen molar-refractivity contribution in [3.63, 3.8) is 0 Å². The highest BCUT2D eigenvalue weighted by Gasteiger charge is 2.35. The molecule has 170 valence electrons. The van der Waals surface area contributed by atoms with Crippen molar-refractivity contribution in [1.82, 2.24) is 15.2 Å². The number of carbonyl (C=O) groups is 3. The van der Waals surface area contributed by atoms with Gasteiger partial charge < -0.3 is 25.6 Å². The summed E-state index contributed by atoms with van der Waals surface area (Å²) in [6, 6.07) is 6.42. The number of H-pyrrole nitrogens is 1. The van der Waals surface area contributed by atoms with E-state index in [1.807, 2.05) is 6.92 Å². The normalized spacial score (nSPS) is 20.7. The summed E-state index contributed by atoms with van der Waals surface area (Å²) < 4.78 is 0. The number of amides is 1. The van der Waals surface area contributed by atoms with Crippen LogP contribution in [-0.4, -0.2) is 75.3 Å². The van der Waals surface area contributed by atoms with Crippen molar-refractivity contribution in [3.05, 3.63) is 53.8 Å². The highest BCUT2D eigenvalue weighted by Crippen LogP contribution is 2.40. The highest BCUT2D eigenvalue weighted by atomic mass is 16.4. The van der Waals surface area contributed by atoms with Crippen molar-refractivity contribution in [2.24, 2.45) is 5.92 Å². The lowest BCUT2D eigenvalue weighted by Crippen LogP contribution is -2.48. The molecule has 0 spiro atoms. The Balaban J connectivity index is 0.000000312. The smallest absolute Gasteiger partial charge is 0.328 e. The summed E-state index contributed by atoms with van der Waals surface area (Å²) in [4.78, 5) is 37.3. The van der Waals surface area contributed by atoms with Gasteiger partial charge in [-0.3, -0.25) is 9.69 Å². The third-order valence-electron chi connectivity index (χ3n) is 5.64. The van der Waals surface area contributed by atoms with Crippen LogP contribution in [0.1, 0.15) is 18.1 Å². The monoisotopic (exact) mass is 441 g/mol. The zero-order valence-corrected chi connectivity index (χ0v) is 17.9. The number of aliphatic hydroxyl groups is 1. The van der Waals surface area contributed by atoms with Gasteiger partial charge in [0.2, 0.25) is 5.91 Å². The van der Waals surface area contributed by atoms with Crippen LogP contribution in [-0.2, 0) is 20.8 Å². The molecule has 32 heavy (non-hydrogen) atoms. The first-order valence-electron chi connectivity index (χ1n) is 10.3. The van der Waals surface area contributed by atoms with Crippen LogP contribution >= 0.6 is 0 Å². The second kappa shape index (κ2) is 9.80. The number of nitrogens with zero attached hydrogens (tertiary/aromatic N) is 1. The maximum atomic E-state index is 12.5. The van der Waals surface area contributed by atoms with Crippen LogP contribution < -0.4 is 5.32 Å². The molecule has 1 aromatic heterocycles. The molecule has 3 atom stereocenters. The third-order valence-corrected chi connectivity index (χ3v) is 5.64. The number of carbonyl (C=O) groups excluding carboxylic acids is 1. The third kappa shape index (κ3) is 5.06. The van der Waals surface area contributed by atoms with Crippen LogP contribution in [0.2, 0.25) is 0 Å². The van der Waals surface area contributed by atoms with Crippen molar-refractivity contribution in [3.8, 4) is 0 Å². The number of benzene rings is 1. The highest BCUT2D eigenvalue weighted by molar-refractivity contribution is 5.99. The first-order valence-corrected chi connectivity index (χ1v) is 10.3. The van der Waals surface area contributed by atoms with E-state index in [1.165, 1.54) is 22.1 Å². The van der Waals surface area contributed by atoms with Gasteiger partial charge in [0.05, 0.1) is 12.5 Å². The summed E-state index contributed by atoms with van der Waals surface area (Å²) in [5.74, 6) is -2.72. The largest absolute Gasteiger partial charge is 0.478 e. The second-order valence-corrected chi connectivity index (χ2v) is 8.03. The summed E-state index contributed by atoms with van der Waals surface area (Å²) in [6.45, 7) is 2.47. The number of carboxylic acid groups (broad SMARTS) is 2. The molecule has 4 rings (SSSR count). The number of aliphatic hydroxyl groups excluding tert-OH is 1. The molecule has 0 radical (unpaired) electrons. The van der Waals surface area contributed by atoms with Gasteiger partial charge in [-0.15, -0.1) is 0 Å². The van der Waals surface area contributed by atoms with Crippen molar-refractivity contribution >= 4 is 34.3 Å². The summed E-state index contributed by atoms with van der Waals surface area (Å²) in [6.07, 6.45) is 6.33. The number of rotatable bonds is 5. The van der Waals surface area contributed by atoms with Crippen molar-refractivity contribution in [2.45, 2.75) is 25.4 Å². The van der Waals surface area contributed by atoms with E-state index in [2.05, 4.69) is 52.7 Å². The second-order valence-electron chi connectivity index (χ2n) is 8.03. The van der Waals surface area contributed by atoms with Crippen LogP contribution in [0, 0.1) is 5.92 Å². The molecule has 1 aromatic carbocycles. The quantitative estimate of drug-likeness (QED) is 0.439. The summed E-state index contributed by atoms with van der Waals surface area (Å²) >= 11 is 0. The number of carboxylic acids is 2. The Hall–Kier alpha value is -3.43. The lowest BCUT2D eigenvalue weighted by molar-refractivity contribution is -0.134. The first-order chi connectivity index (χ1) is 15.2. The van der Waals surface area contributed by atoms with E-state index < -0.39 is 11.9 Å². The average Bonchev–Trinajstić information content (AvgIpc) is 3.17. The van der Waals surface area contributed by atoms with E-state index >= 15 is 0 Å². The molecule has 0 bridgehead atoms. The van der Waals surface area contributed by atoms with Gasteiger partial charge in [0.15, 0.2) is 0 Å². The number of aromatic amines is 1. The minimum atomic E-state index is -1.26. The maximum absolute atomic E-state index is 12.5. The minimum absolute atomic E-state index is 0.0126. The Morgan fingerprint density at radius 1 is 1.25 bits per heavy atom. The summed E-state index contributed by atoms with van der Waals surface area (Å²) in [7, 11) is 2.09. The fourth-order valence-electron chi connectivity index (χ4n) is 4.15. The van der Waals surface area contributed by atoms with Crippen molar-refractivity contribution < 1.29 is 29.7 Å². The topological polar surface area (TPSA) is 143 Å². The molecule has 1 amide bonds. The Morgan fingerprint density at radius 3 is 2.56 bits per heavy atom. The zero-order valence-electron chi connectivity index (χ0n) is 17.9. The first kappa shape index (κ1) is 23.2. The van der Waals surface area contributed by atoms with Gasteiger partial charge in [0, 0.05) is 47.9 Å². The van der Waals surface area contributed by atoms with Gasteiger partial charge in [-0.05, 0) is 43.2 Å². The number of likely N-dealkylation sites (N-methyl/N-ethyl adjacent to an activating group) is 1. The molecular weight excluding hydrogens is 414 g/mol. The van der Waals surface area contributed by atoms with Crippen LogP contribution in [0.15, 0.2) is 42.6 Å². The fourth-order valence-corrected chi connectivity index (χ4v) is 4.15. The van der Waals surface area contributed by atoms with Gasteiger partial charge in [-0.1, -0.05) is 18.2 Å². The number of hydrogen-bond donors (Lipinski definition) is 5. The molecule has 9 nitrogen and oxygen atoms in total.